The van der Waals surface area contributed by atoms with Crippen LogP contribution in [0.3, 0.4) is 0 Å². The van der Waals surface area contributed by atoms with Crippen LogP contribution in [-0.4, -0.2) is 55.7 Å². The van der Waals surface area contributed by atoms with Crippen molar-refractivity contribution in [2.75, 3.05) is 36.0 Å². The number of hydrogen-bond donors (Lipinski definition) is 0. The van der Waals surface area contributed by atoms with Crippen molar-refractivity contribution in [1.82, 2.24) is 29.5 Å². The summed E-state index contributed by atoms with van der Waals surface area (Å²) in [4.78, 5) is 26.0. The highest BCUT2D eigenvalue weighted by Crippen LogP contribution is 2.37. The molecule has 3 aromatic rings. The quantitative estimate of drug-likeness (QED) is 0.686. The molecule has 9 heteroatoms. The number of piperazine rings is 1. The minimum atomic E-state index is -0.307. The van der Waals surface area contributed by atoms with Gasteiger partial charge >= 0.3 is 0 Å². The number of fused-ring (bicyclic) bond motifs is 1. The number of halogens is 1. The molecule has 0 spiro atoms. The van der Waals surface area contributed by atoms with E-state index in [9.17, 15) is 4.39 Å². The lowest BCUT2D eigenvalue weighted by Crippen LogP contribution is -2.47. The van der Waals surface area contributed by atoms with Crippen molar-refractivity contribution in [2.45, 2.75) is 38.6 Å². The maximum atomic E-state index is 14.8. The number of anilines is 2. The van der Waals surface area contributed by atoms with Crippen LogP contribution in [0.2, 0.25) is 0 Å². The molecule has 1 aliphatic heterocycles. The maximum Gasteiger partial charge on any atom is 0.187 e. The lowest BCUT2D eigenvalue weighted by atomic mass is 10.1. The molecule has 146 valence electrons. The summed E-state index contributed by atoms with van der Waals surface area (Å²) in [6.07, 6.45) is 7.32. The first-order valence-corrected chi connectivity index (χ1v) is 9.81. The third-order valence-electron chi connectivity index (χ3n) is 5.50. The van der Waals surface area contributed by atoms with Gasteiger partial charge in [0.1, 0.15) is 12.7 Å². The third-order valence-corrected chi connectivity index (χ3v) is 5.50. The first kappa shape index (κ1) is 17.3. The van der Waals surface area contributed by atoms with Gasteiger partial charge in [-0.1, -0.05) is 13.8 Å². The first-order chi connectivity index (χ1) is 13.6. The van der Waals surface area contributed by atoms with Crippen LogP contribution in [0.4, 0.5) is 16.0 Å². The fourth-order valence-corrected chi connectivity index (χ4v) is 3.82. The van der Waals surface area contributed by atoms with Crippen molar-refractivity contribution in [1.29, 1.82) is 0 Å². The molecule has 0 N–H and O–H groups in total. The monoisotopic (exact) mass is 382 g/mol. The first-order valence-electron chi connectivity index (χ1n) is 9.81. The molecule has 2 fully saturated rings. The fraction of sp³-hybridized carbons (Fsp3) is 0.526. The summed E-state index contributed by atoms with van der Waals surface area (Å²) < 4.78 is 17.0. The zero-order valence-corrected chi connectivity index (χ0v) is 16.1. The molecule has 4 heterocycles. The van der Waals surface area contributed by atoms with Gasteiger partial charge in [-0.25, -0.2) is 29.3 Å². The molecule has 3 aromatic heterocycles. The SMILES string of the molecule is CC(C)c1ncnc(N2CCN(c3ncnc4c3ncn4C3CC3)CC2)c1F. The molecule has 2 aliphatic rings. The Morgan fingerprint density at radius 2 is 1.54 bits per heavy atom. The molecule has 0 bridgehead atoms. The van der Waals surface area contributed by atoms with Crippen LogP contribution < -0.4 is 9.80 Å². The van der Waals surface area contributed by atoms with Crippen molar-refractivity contribution >= 4 is 22.8 Å². The van der Waals surface area contributed by atoms with E-state index < -0.39 is 0 Å². The van der Waals surface area contributed by atoms with Crippen LogP contribution in [0, 0.1) is 5.82 Å². The van der Waals surface area contributed by atoms with Gasteiger partial charge in [0, 0.05) is 32.2 Å². The summed E-state index contributed by atoms with van der Waals surface area (Å²) in [7, 11) is 0. The van der Waals surface area contributed by atoms with Gasteiger partial charge in [0.15, 0.2) is 28.6 Å². The zero-order valence-electron chi connectivity index (χ0n) is 16.1. The highest BCUT2D eigenvalue weighted by molar-refractivity contribution is 5.83. The van der Waals surface area contributed by atoms with E-state index in [0.717, 1.165) is 30.1 Å². The highest BCUT2D eigenvalue weighted by atomic mass is 19.1. The minimum Gasteiger partial charge on any atom is -0.351 e. The summed E-state index contributed by atoms with van der Waals surface area (Å²) in [6.45, 7) is 6.66. The Kier molecular flexibility index (Phi) is 4.10. The van der Waals surface area contributed by atoms with Crippen LogP contribution in [0.15, 0.2) is 19.0 Å². The number of nitrogens with zero attached hydrogens (tertiary/aromatic N) is 8. The number of imidazole rings is 1. The topological polar surface area (TPSA) is 75.9 Å². The van der Waals surface area contributed by atoms with Gasteiger partial charge < -0.3 is 14.4 Å². The number of aromatic nitrogens is 6. The van der Waals surface area contributed by atoms with E-state index in [1.54, 1.807) is 6.33 Å². The molecule has 1 saturated heterocycles. The lowest BCUT2D eigenvalue weighted by Gasteiger charge is -2.36. The van der Waals surface area contributed by atoms with Crippen molar-refractivity contribution in [2.24, 2.45) is 0 Å². The second-order valence-corrected chi connectivity index (χ2v) is 7.78. The predicted molar refractivity (Wildman–Crippen MR) is 104 cm³/mol. The predicted octanol–water partition coefficient (Wildman–Crippen LogP) is 2.54. The van der Waals surface area contributed by atoms with Gasteiger partial charge in [0.25, 0.3) is 0 Å². The van der Waals surface area contributed by atoms with Crippen molar-refractivity contribution in [3.63, 3.8) is 0 Å². The minimum absolute atomic E-state index is 0.0268. The normalized spacial score (nSPS) is 17.7. The Bertz CT molecular complexity index is 1000. The summed E-state index contributed by atoms with van der Waals surface area (Å²) >= 11 is 0. The molecule has 1 aliphatic carbocycles. The number of rotatable bonds is 4. The zero-order chi connectivity index (χ0) is 19.3. The van der Waals surface area contributed by atoms with Gasteiger partial charge in [-0.2, -0.15) is 0 Å². The Labute approximate surface area is 162 Å². The summed E-state index contributed by atoms with van der Waals surface area (Å²) in [5, 5.41) is 0. The molecule has 0 atom stereocenters. The standard InChI is InChI=1S/C19H23FN8/c1-12(2)15-14(20)17(22-9-21-15)26-5-7-27(8-6-26)18-16-19(24-10-23-18)28(11-25-16)13-3-4-13/h9-13H,3-8H2,1-2H3. The van der Waals surface area contributed by atoms with E-state index in [0.29, 0.717) is 30.6 Å². The lowest BCUT2D eigenvalue weighted by molar-refractivity contribution is 0.556. The van der Waals surface area contributed by atoms with E-state index in [4.69, 9.17) is 0 Å². The Balaban J connectivity index is 1.37. The molecule has 8 nitrogen and oxygen atoms in total. The summed E-state index contributed by atoms with van der Waals surface area (Å²) in [5.41, 5.74) is 2.21. The van der Waals surface area contributed by atoms with E-state index in [1.165, 1.54) is 19.2 Å². The molecule has 1 saturated carbocycles. The van der Waals surface area contributed by atoms with Crippen LogP contribution in [0.1, 0.15) is 44.3 Å². The molecule has 5 rings (SSSR count). The van der Waals surface area contributed by atoms with Gasteiger partial charge in [0.05, 0.1) is 12.0 Å². The van der Waals surface area contributed by atoms with E-state index in [-0.39, 0.29) is 11.7 Å². The molecule has 0 unspecified atom stereocenters. The van der Waals surface area contributed by atoms with Gasteiger partial charge in [-0.05, 0) is 18.8 Å². The van der Waals surface area contributed by atoms with Gasteiger partial charge in [0.2, 0.25) is 0 Å². The average molecular weight is 382 g/mol. The molecule has 0 aromatic carbocycles. The molecular formula is C19H23FN8. The Hall–Kier alpha value is -2.84. The molecular weight excluding hydrogens is 359 g/mol. The van der Waals surface area contributed by atoms with E-state index in [1.807, 2.05) is 25.1 Å². The Morgan fingerprint density at radius 3 is 2.21 bits per heavy atom. The van der Waals surface area contributed by atoms with Gasteiger partial charge in [-0.3, -0.25) is 0 Å². The summed E-state index contributed by atoms with van der Waals surface area (Å²) in [5.74, 6) is 0.969. The molecule has 0 radical (unpaired) electrons. The van der Waals surface area contributed by atoms with Gasteiger partial charge in [-0.15, -0.1) is 0 Å². The van der Waals surface area contributed by atoms with Crippen LogP contribution in [0.25, 0.3) is 11.2 Å². The number of hydrogen-bond acceptors (Lipinski definition) is 7. The highest BCUT2D eigenvalue weighted by Gasteiger charge is 2.28. The second-order valence-electron chi connectivity index (χ2n) is 7.78. The smallest absolute Gasteiger partial charge is 0.187 e. The van der Waals surface area contributed by atoms with E-state index in [2.05, 4.69) is 34.4 Å². The average Bonchev–Trinajstić information content (AvgIpc) is 3.46. The fourth-order valence-electron chi connectivity index (χ4n) is 3.82. The van der Waals surface area contributed by atoms with Crippen LogP contribution in [-0.2, 0) is 0 Å². The maximum absolute atomic E-state index is 14.8. The Morgan fingerprint density at radius 1 is 0.893 bits per heavy atom. The second kappa shape index (κ2) is 6.65. The van der Waals surface area contributed by atoms with Crippen LogP contribution in [0.5, 0.6) is 0 Å². The van der Waals surface area contributed by atoms with Crippen molar-refractivity contribution in [3.05, 3.63) is 30.5 Å². The summed E-state index contributed by atoms with van der Waals surface area (Å²) in [6, 6.07) is 0.528. The van der Waals surface area contributed by atoms with Crippen molar-refractivity contribution in [3.8, 4) is 0 Å². The largest absolute Gasteiger partial charge is 0.351 e. The molecule has 0 amide bonds. The molecule has 28 heavy (non-hydrogen) atoms. The van der Waals surface area contributed by atoms with Crippen LogP contribution >= 0.6 is 0 Å². The van der Waals surface area contributed by atoms with Crippen molar-refractivity contribution < 1.29 is 4.39 Å². The third kappa shape index (κ3) is 2.85. The van der Waals surface area contributed by atoms with E-state index >= 15 is 0 Å².